The maximum atomic E-state index is 13.7. The van der Waals surface area contributed by atoms with Crippen molar-refractivity contribution in [2.45, 2.75) is 58.7 Å². The summed E-state index contributed by atoms with van der Waals surface area (Å²) in [6.07, 6.45) is 0.859. The second-order valence-electron chi connectivity index (χ2n) is 9.60. The van der Waals surface area contributed by atoms with Crippen molar-refractivity contribution >= 4 is 27.5 Å². The summed E-state index contributed by atoms with van der Waals surface area (Å²) in [5.41, 5.74) is 0.0146. The molecule has 0 saturated heterocycles. The van der Waals surface area contributed by atoms with Crippen LogP contribution < -0.4 is 9.62 Å². The first-order valence-electron chi connectivity index (χ1n) is 11.4. The number of amides is 2. The fourth-order valence-electron chi connectivity index (χ4n) is 3.49. The van der Waals surface area contributed by atoms with Crippen LogP contribution in [0, 0.1) is 17.5 Å². The molecule has 2 rings (SSSR count). The molecule has 2 amide bonds. The van der Waals surface area contributed by atoms with Gasteiger partial charge in [0.15, 0.2) is 11.6 Å². The highest BCUT2D eigenvalue weighted by molar-refractivity contribution is 7.92. The molecule has 2 aromatic rings. The molecule has 0 aliphatic carbocycles. The summed E-state index contributed by atoms with van der Waals surface area (Å²) in [5, 5.41) is 2.83. The van der Waals surface area contributed by atoms with Gasteiger partial charge in [0, 0.05) is 31.1 Å². The smallest absolute Gasteiger partial charge is 0.242 e. The van der Waals surface area contributed by atoms with Gasteiger partial charge in [-0.3, -0.25) is 13.9 Å². The van der Waals surface area contributed by atoms with Crippen molar-refractivity contribution in [1.29, 1.82) is 0 Å². The Kier molecular flexibility index (Phi) is 9.53. The van der Waals surface area contributed by atoms with E-state index in [2.05, 4.69) is 5.32 Å². The summed E-state index contributed by atoms with van der Waals surface area (Å²) in [7, 11) is -3.85. The number of carbonyl (C=O) groups excluding carboxylic acids is 2. The van der Waals surface area contributed by atoms with Crippen LogP contribution in [0.5, 0.6) is 0 Å². The first-order valence-corrected chi connectivity index (χ1v) is 13.2. The molecule has 0 fully saturated rings. The molecule has 2 aromatic carbocycles. The standard InChI is InChI=1S/C25H32F3N3O4S/c1-17(24(33)29-25(2,3)4)30(16-18-8-10-19(26)11-9-18)23(32)7-6-14-31(36(5,34)35)20-12-13-21(27)22(28)15-20/h8-13,15,17H,6-7,14,16H2,1-5H3,(H,29,33)/t17-/m0/s1. The van der Waals surface area contributed by atoms with Gasteiger partial charge in [0.1, 0.15) is 11.9 Å². The summed E-state index contributed by atoms with van der Waals surface area (Å²) in [6, 6.07) is 7.41. The zero-order valence-electron chi connectivity index (χ0n) is 21.0. The predicted molar refractivity (Wildman–Crippen MR) is 132 cm³/mol. The highest BCUT2D eigenvalue weighted by Crippen LogP contribution is 2.22. The molecule has 1 atom stereocenters. The summed E-state index contributed by atoms with van der Waals surface area (Å²) in [5.74, 6) is -3.54. The Morgan fingerprint density at radius 3 is 2.14 bits per heavy atom. The summed E-state index contributed by atoms with van der Waals surface area (Å²) >= 11 is 0. The molecule has 0 unspecified atom stereocenters. The van der Waals surface area contributed by atoms with Crippen molar-refractivity contribution in [3.05, 3.63) is 65.5 Å². The Hall–Kier alpha value is -3.08. The summed E-state index contributed by atoms with van der Waals surface area (Å²) < 4.78 is 65.7. The third-order valence-electron chi connectivity index (χ3n) is 5.28. The second-order valence-corrected chi connectivity index (χ2v) is 11.5. The van der Waals surface area contributed by atoms with Crippen molar-refractivity contribution in [3.8, 4) is 0 Å². The lowest BCUT2D eigenvalue weighted by Crippen LogP contribution is -2.52. The number of rotatable bonds is 10. The van der Waals surface area contributed by atoms with E-state index in [1.165, 1.54) is 29.2 Å². The number of carbonyl (C=O) groups is 2. The molecule has 0 bridgehead atoms. The van der Waals surface area contributed by atoms with E-state index in [0.717, 1.165) is 28.8 Å². The van der Waals surface area contributed by atoms with Crippen LogP contribution in [0.25, 0.3) is 0 Å². The largest absolute Gasteiger partial charge is 0.350 e. The van der Waals surface area contributed by atoms with Crippen LogP contribution in [0.1, 0.15) is 46.1 Å². The highest BCUT2D eigenvalue weighted by Gasteiger charge is 2.28. The van der Waals surface area contributed by atoms with Crippen molar-refractivity contribution in [2.24, 2.45) is 0 Å². The first-order chi connectivity index (χ1) is 16.6. The Balaban J connectivity index is 2.20. The van der Waals surface area contributed by atoms with Crippen molar-refractivity contribution in [2.75, 3.05) is 17.1 Å². The quantitative estimate of drug-likeness (QED) is 0.507. The molecule has 0 radical (unpaired) electrons. The maximum absolute atomic E-state index is 13.7. The Morgan fingerprint density at radius 1 is 1.00 bits per heavy atom. The zero-order chi connectivity index (χ0) is 27.3. The lowest BCUT2D eigenvalue weighted by Gasteiger charge is -2.32. The van der Waals surface area contributed by atoms with Gasteiger partial charge in [-0.2, -0.15) is 0 Å². The van der Waals surface area contributed by atoms with Gasteiger partial charge in [0.25, 0.3) is 0 Å². The van der Waals surface area contributed by atoms with Crippen LogP contribution in [-0.2, 0) is 26.2 Å². The number of benzene rings is 2. The Bertz CT molecular complexity index is 1180. The fraction of sp³-hybridized carbons (Fsp3) is 0.440. The van der Waals surface area contributed by atoms with Gasteiger partial charge >= 0.3 is 0 Å². The average molecular weight is 528 g/mol. The van der Waals surface area contributed by atoms with Crippen molar-refractivity contribution in [3.63, 3.8) is 0 Å². The van der Waals surface area contributed by atoms with Crippen LogP contribution in [-0.4, -0.2) is 49.5 Å². The van der Waals surface area contributed by atoms with Crippen LogP contribution in [0.15, 0.2) is 42.5 Å². The van der Waals surface area contributed by atoms with Crippen LogP contribution >= 0.6 is 0 Å². The average Bonchev–Trinajstić information content (AvgIpc) is 2.75. The molecule has 7 nitrogen and oxygen atoms in total. The van der Waals surface area contributed by atoms with Crippen molar-refractivity contribution in [1.82, 2.24) is 10.2 Å². The third-order valence-corrected chi connectivity index (χ3v) is 6.47. The topological polar surface area (TPSA) is 86.8 Å². The van der Waals surface area contributed by atoms with E-state index >= 15 is 0 Å². The van der Waals surface area contributed by atoms with Crippen LogP contribution in [0.3, 0.4) is 0 Å². The first kappa shape index (κ1) is 29.2. The molecule has 11 heteroatoms. The molecule has 0 aliphatic rings. The van der Waals surface area contributed by atoms with E-state index in [-0.39, 0.29) is 37.5 Å². The summed E-state index contributed by atoms with van der Waals surface area (Å²) in [6.45, 7) is 6.87. The molecular formula is C25H32F3N3O4S. The number of hydrogen-bond acceptors (Lipinski definition) is 4. The highest BCUT2D eigenvalue weighted by atomic mass is 32.2. The molecule has 1 N–H and O–H groups in total. The minimum Gasteiger partial charge on any atom is -0.350 e. The normalized spacial score (nSPS) is 12.7. The van der Waals surface area contributed by atoms with E-state index < -0.39 is 45.0 Å². The van der Waals surface area contributed by atoms with Gasteiger partial charge in [0.05, 0.1) is 11.9 Å². The maximum Gasteiger partial charge on any atom is 0.242 e. The molecule has 0 spiro atoms. The lowest BCUT2D eigenvalue weighted by molar-refractivity contribution is -0.141. The molecule has 0 heterocycles. The minimum absolute atomic E-state index is 0.0385. The van der Waals surface area contributed by atoms with E-state index in [9.17, 15) is 31.2 Å². The minimum atomic E-state index is -3.85. The Morgan fingerprint density at radius 2 is 1.61 bits per heavy atom. The van der Waals surface area contributed by atoms with Gasteiger partial charge in [-0.15, -0.1) is 0 Å². The number of nitrogens with zero attached hydrogens (tertiary/aromatic N) is 2. The summed E-state index contributed by atoms with van der Waals surface area (Å²) in [4.78, 5) is 27.3. The van der Waals surface area contributed by atoms with Gasteiger partial charge in [-0.05, 0) is 63.9 Å². The van der Waals surface area contributed by atoms with Crippen LogP contribution in [0.4, 0.5) is 18.9 Å². The molecular weight excluding hydrogens is 495 g/mol. The SMILES string of the molecule is C[C@@H](C(=O)NC(C)(C)C)N(Cc1ccc(F)cc1)C(=O)CCCN(c1ccc(F)c(F)c1)S(C)(=O)=O. The number of sulfonamides is 1. The predicted octanol–water partition coefficient (Wildman–Crippen LogP) is 3.98. The fourth-order valence-corrected chi connectivity index (χ4v) is 4.44. The lowest BCUT2D eigenvalue weighted by atomic mass is 10.1. The molecule has 0 aliphatic heterocycles. The van der Waals surface area contributed by atoms with E-state index in [4.69, 9.17) is 0 Å². The number of anilines is 1. The van der Waals surface area contributed by atoms with Gasteiger partial charge in [0.2, 0.25) is 21.8 Å². The van der Waals surface area contributed by atoms with Gasteiger partial charge in [-0.25, -0.2) is 21.6 Å². The Labute approximate surface area is 210 Å². The molecule has 36 heavy (non-hydrogen) atoms. The molecule has 0 aromatic heterocycles. The number of halogens is 3. The van der Waals surface area contributed by atoms with Gasteiger partial charge in [-0.1, -0.05) is 12.1 Å². The zero-order valence-corrected chi connectivity index (χ0v) is 21.8. The number of hydrogen-bond donors (Lipinski definition) is 1. The second kappa shape index (κ2) is 11.8. The van der Waals surface area contributed by atoms with Crippen molar-refractivity contribution < 1.29 is 31.2 Å². The third kappa shape index (κ3) is 8.54. The van der Waals surface area contributed by atoms with Gasteiger partial charge < -0.3 is 10.2 Å². The van der Waals surface area contributed by atoms with Crippen LogP contribution in [0.2, 0.25) is 0 Å². The van der Waals surface area contributed by atoms with E-state index in [1.54, 1.807) is 6.92 Å². The van der Waals surface area contributed by atoms with E-state index in [0.29, 0.717) is 5.56 Å². The van der Waals surface area contributed by atoms with E-state index in [1.807, 2.05) is 20.8 Å². The monoisotopic (exact) mass is 527 g/mol. The number of nitrogens with one attached hydrogen (secondary N) is 1. The molecule has 0 saturated carbocycles. The molecule has 198 valence electrons.